The number of carbonyl (C=O) groups excluding carboxylic acids is 1. The van der Waals surface area contributed by atoms with Crippen LogP contribution in [0.2, 0.25) is 0 Å². The summed E-state index contributed by atoms with van der Waals surface area (Å²) in [5, 5.41) is 0. The summed E-state index contributed by atoms with van der Waals surface area (Å²) >= 11 is 1.33. The van der Waals surface area contributed by atoms with Gasteiger partial charge in [-0.3, -0.25) is 9.36 Å². The first-order chi connectivity index (χ1) is 17.2. The van der Waals surface area contributed by atoms with Crippen molar-refractivity contribution in [1.29, 1.82) is 0 Å². The SMILES string of the molecule is CCOC(=O)C1=C(C)N=c2s/c(=C\c3ccc(C(C)C)cc3)c(=O)n2[C@H]1c1ccc(OC(C)C)cc1. The van der Waals surface area contributed by atoms with Crippen molar-refractivity contribution in [3.63, 3.8) is 0 Å². The maximum absolute atomic E-state index is 13.7. The van der Waals surface area contributed by atoms with Crippen LogP contribution in [-0.2, 0) is 9.53 Å². The van der Waals surface area contributed by atoms with Gasteiger partial charge in [-0.15, -0.1) is 0 Å². The lowest BCUT2D eigenvalue weighted by Crippen LogP contribution is -2.39. The first-order valence-corrected chi connectivity index (χ1v) is 13.1. The van der Waals surface area contributed by atoms with Crippen molar-refractivity contribution in [2.24, 2.45) is 4.99 Å². The van der Waals surface area contributed by atoms with Crippen molar-refractivity contribution in [3.8, 4) is 5.75 Å². The Hall–Kier alpha value is -3.45. The topological polar surface area (TPSA) is 69.9 Å². The largest absolute Gasteiger partial charge is 0.491 e. The van der Waals surface area contributed by atoms with Crippen LogP contribution in [0.25, 0.3) is 6.08 Å². The van der Waals surface area contributed by atoms with Gasteiger partial charge in [0.1, 0.15) is 5.75 Å². The van der Waals surface area contributed by atoms with E-state index in [1.54, 1.807) is 18.4 Å². The van der Waals surface area contributed by atoms with E-state index in [0.717, 1.165) is 16.9 Å². The summed E-state index contributed by atoms with van der Waals surface area (Å²) in [6.07, 6.45) is 1.92. The minimum atomic E-state index is -0.640. The van der Waals surface area contributed by atoms with Crippen molar-refractivity contribution in [1.82, 2.24) is 4.57 Å². The standard InChI is InChI=1S/C29H32N2O4S/c1-7-34-28(33)25-19(6)30-29-31(26(25)22-12-14-23(15-13-22)35-18(4)5)27(32)24(36-29)16-20-8-10-21(11-9-20)17(2)3/h8-18,26H,7H2,1-6H3/b24-16-/t26-/m0/s1. The molecule has 1 aliphatic rings. The number of fused-ring (bicyclic) bond motifs is 1. The van der Waals surface area contributed by atoms with Crippen molar-refractivity contribution in [2.45, 2.75) is 59.6 Å². The molecule has 3 aromatic rings. The van der Waals surface area contributed by atoms with Crippen LogP contribution in [0.5, 0.6) is 5.75 Å². The normalized spacial score (nSPS) is 15.8. The fourth-order valence-electron chi connectivity index (χ4n) is 4.24. The average Bonchev–Trinajstić information content (AvgIpc) is 3.13. The highest BCUT2D eigenvalue weighted by Crippen LogP contribution is 2.31. The van der Waals surface area contributed by atoms with Crippen molar-refractivity contribution >= 4 is 23.4 Å². The summed E-state index contributed by atoms with van der Waals surface area (Å²) < 4.78 is 13.3. The maximum Gasteiger partial charge on any atom is 0.338 e. The second-order valence-corrected chi connectivity index (χ2v) is 10.4. The van der Waals surface area contributed by atoms with Crippen LogP contribution < -0.4 is 19.6 Å². The smallest absolute Gasteiger partial charge is 0.338 e. The molecule has 0 saturated carbocycles. The number of esters is 1. The molecule has 2 aromatic carbocycles. The van der Waals surface area contributed by atoms with E-state index in [4.69, 9.17) is 9.47 Å². The van der Waals surface area contributed by atoms with E-state index in [0.29, 0.717) is 26.5 Å². The number of benzene rings is 2. The molecule has 4 rings (SSSR count). The summed E-state index contributed by atoms with van der Waals surface area (Å²) in [4.78, 5) is 31.9. The van der Waals surface area contributed by atoms with E-state index in [2.05, 4.69) is 31.0 Å². The fourth-order valence-corrected chi connectivity index (χ4v) is 5.28. The Morgan fingerprint density at radius 3 is 2.33 bits per heavy atom. The zero-order valence-corrected chi connectivity index (χ0v) is 22.4. The van der Waals surface area contributed by atoms with E-state index in [1.807, 2.05) is 56.3 Å². The van der Waals surface area contributed by atoms with Gasteiger partial charge in [-0.1, -0.05) is 61.6 Å². The van der Waals surface area contributed by atoms with Gasteiger partial charge in [-0.2, -0.15) is 0 Å². The Morgan fingerprint density at radius 2 is 1.75 bits per heavy atom. The molecule has 0 bridgehead atoms. The summed E-state index contributed by atoms with van der Waals surface area (Å²) in [5.41, 5.74) is 3.71. The van der Waals surface area contributed by atoms with Crippen LogP contribution in [0.1, 0.15) is 70.2 Å². The lowest BCUT2D eigenvalue weighted by atomic mass is 9.96. The van der Waals surface area contributed by atoms with E-state index < -0.39 is 12.0 Å². The molecule has 0 spiro atoms. The predicted molar refractivity (Wildman–Crippen MR) is 143 cm³/mol. The molecule has 0 fully saturated rings. The van der Waals surface area contributed by atoms with Crippen LogP contribution in [0.4, 0.5) is 0 Å². The van der Waals surface area contributed by atoms with Crippen molar-refractivity contribution < 1.29 is 14.3 Å². The van der Waals surface area contributed by atoms with Crippen LogP contribution in [0.3, 0.4) is 0 Å². The van der Waals surface area contributed by atoms with Gasteiger partial charge < -0.3 is 9.47 Å². The summed E-state index contributed by atoms with van der Waals surface area (Å²) in [6, 6.07) is 15.1. The molecule has 188 valence electrons. The van der Waals surface area contributed by atoms with Gasteiger partial charge in [0.2, 0.25) is 0 Å². The number of carbonyl (C=O) groups is 1. The molecule has 6 nitrogen and oxygen atoms in total. The highest BCUT2D eigenvalue weighted by molar-refractivity contribution is 7.07. The first-order valence-electron chi connectivity index (χ1n) is 12.3. The Bertz CT molecular complexity index is 1460. The van der Waals surface area contributed by atoms with Gasteiger partial charge in [0.15, 0.2) is 4.80 Å². The Balaban J connectivity index is 1.86. The molecule has 1 aromatic heterocycles. The second-order valence-electron chi connectivity index (χ2n) is 9.36. The summed E-state index contributed by atoms with van der Waals surface area (Å²) in [7, 11) is 0. The Kier molecular flexibility index (Phi) is 7.59. The number of allylic oxidation sites excluding steroid dienone is 1. The zero-order valence-electron chi connectivity index (χ0n) is 21.6. The highest BCUT2D eigenvalue weighted by atomic mass is 32.1. The average molecular weight is 505 g/mol. The minimum absolute atomic E-state index is 0.0420. The summed E-state index contributed by atoms with van der Waals surface area (Å²) in [5.74, 6) is 0.695. The molecular formula is C29H32N2O4S. The molecule has 0 N–H and O–H groups in total. The van der Waals surface area contributed by atoms with Gasteiger partial charge in [0.05, 0.1) is 34.6 Å². The molecule has 0 radical (unpaired) electrons. The molecule has 0 aliphatic carbocycles. The van der Waals surface area contributed by atoms with E-state index in [1.165, 1.54) is 16.9 Å². The van der Waals surface area contributed by atoms with Crippen LogP contribution in [0, 0.1) is 0 Å². The number of ether oxygens (including phenoxy) is 2. The number of hydrogen-bond acceptors (Lipinski definition) is 6. The molecule has 7 heteroatoms. The van der Waals surface area contributed by atoms with E-state index in [9.17, 15) is 9.59 Å². The molecule has 0 saturated heterocycles. The van der Waals surface area contributed by atoms with Gasteiger partial charge in [0, 0.05) is 0 Å². The predicted octanol–water partition coefficient (Wildman–Crippen LogP) is 4.71. The molecule has 1 aliphatic heterocycles. The molecular weight excluding hydrogens is 472 g/mol. The lowest BCUT2D eigenvalue weighted by molar-refractivity contribution is -0.139. The van der Waals surface area contributed by atoms with E-state index in [-0.39, 0.29) is 18.3 Å². The number of thiazole rings is 1. The first kappa shape index (κ1) is 25.6. The molecule has 0 unspecified atom stereocenters. The highest BCUT2D eigenvalue weighted by Gasteiger charge is 2.33. The van der Waals surface area contributed by atoms with Gasteiger partial charge in [-0.05, 0) is 68.5 Å². The third-order valence-corrected chi connectivity index (χ3v) is 6.97. The molecule has 36 heavy (non-hydrogen) atoms. The van der Waals surface area contributed by atoms with Gasteiger partial charge in [-0.25, -0.2) is 9.79 Å². The van der Waals surface area contributed by atoms with Gasteiger partial charge in [0.25, 0.3) is 5.56 Å². The summed E-state index contributed by atoms with van der Waals surface area (Å²) in [6.45, 7) is 12.0. The van der Waals surface area contributed by atoms with Crippen LogP contribution in [-0.4, -0.2) is 23.2 Å². The number of rotatable bonds is 7. The molecule has 0 amide bonds. The Labute approximate surface area is 215 Å². The van der Waals surface area contributed by atoms with Crippen molar-refractivity contribution in [2.75, 3.05) is 6.61 Å². The van der Waals surface area contributed by atoms with Crippen LogP contribution in [0.15, 0.2) is 69.6 Å². The molecule has 2 heterocycles. The monoisotopic (exact) mass is 504 g/mol. The second kappa shape index (κ2) is 10.7. The van der Waals surface area contributed by atoms with Crippen molar-refractivity contribution in [3.05, 3.63) is 96.2 Å². The fraction of sp³-hybridized carbons (Fsp3) is 0.345. The minimum Gasteiger partial charge on any atom is -0.491 e. The number of hydrogen-bond donors (Lipinski definition) is 0. The third-order valence-electron chi connectivity index (χ3n) is 5.99. The zero-order chi connectivity index (χ0) is 26.0. The lowest BCUT2D eigenvalue weighted by Gasteiger charge is -2.25. The quantitative estimate of drug-likeness (QED) is 0.437. The molecule has 1 atom stereocenters. The number of nitrogens with zero attached hydrogens (tertiary/aromatic N) is 2. The van der Waals surface area contributed by atoms with Crippen LogP contribution >= 0.6 is 11.3 Å². The Morgan fingerprint density at radius 1 is 1.08 bits per heavy atom. The maximum atomic E-state index is 13.7. The third kappa shape index (κ3) is 5.21. The van der Waals surface area contributed by atoms with E-state index >= 15 is 0 Å². The number of aromatic nitrogens is 1. The van der Waals surface area contributed by atoms with Gasteiger partial charge >= 0.3 is 5.97 Å².